The van der Waals surface area contributed by atoms with Gasteiger partial charge >= 0.3 is 0 Å². The summed E-state index contributed by atoms with van der Waals surface area (Å²) in [5, 5.41) is 2.65. The first kappa shape index (κ1) is 37.3. The summed E-state index contributed by atoms with van der Waals surface area (Å²) in [7, 11) is 0. The van der Waals surface area contributed by atoms with Crippen LogP contribution >= 0.6 is 0 Å². The van der Waals surface area contributed by atoms with Crippen LogP contribution in [0.25, 0.3) is 44.4 Å². The third kappa shape index (κ3) is 7.41. The number of nitrogens with zero attached hydrogens (tertiary/aromatic N) is 2. The van der Waals surface area contributed by atoms with Gasteiger partial charge < -0.3 is 9.97 Å². The Morgan fingerprint density at radius 3 is 1.68 bits per heavy atom. The van der Waals surface area contributed by atoms with Gasteiger partial charge in [0.05, 0.1) is 0 Å². The van der Waals surface area contributed by atoms with E-state index in [4.69, 9.17) is 0 Å². The molecule has 0 bridgehead atoms. The summed E-state index contributed by atoms with van der Waals surface area (Å²) >= 11 is 0. The molecule has 50 heavy (non-hydrogen) atoms. The van der Waals surface area contributed by atoms with Crippen molar-refractivity contribution < 1.29 is 20.1 Å². The van der Waals surface area contributed by atoms with E-state index < -0.39 is 0 Å². The summed E-state index contributed by atoms with van der Waals surface area (Å²) in [4.78, 5) is 9.18. The fourth-order valence-electron chi connectivity index (χ4n) is 6.85. The molecule has 0 amide bonds. The van der Waals surface area contributed by atoms with Crippen molar-refractivity contribution in [2.24, 2.45) is 0 Å². The van der Waals surface area contributed by atoms with Crippen molar-refractivity contribution in [3.63, 3.8) is 0 Å². The first-order chi connectivity index (χ1) is 22.9. The molecule has 0 unspecified atom stereocenters. The minimum atomic E-state index is -0.0585. The van der Waals surface area contributed by atoms with E-state index in [1.807, 2.05) is 18.5 Å². The second-order valence-corrected chi connectivity index (χ2v) is 17.1. The van der Waals surface area contributed by atoms with Crippen LogP contribution in [-0.2, 0) is 41.8 Å². The Kier molecular flexibility index (Phi) is 10.2. The maximum atomic E-state index is 4.66. The molecule has 4 aromatic carbocycles. The molecule has 2 nitrogen and oxygen atoms in total. The van der Waals surface area contributed by atoms with Crippen molar-refractivity contribution in [3.05, 3.63) is 143 Å². The summed E-state index contributed by atoms with van der Waals surface area (Å²) in [5.74, 6) is 0. The number of aromatic nitrogens is 2. The second kappa shape index (κ2) is 13.7. The van der Waals surface area contributed by atoms with Gasteiger partial charge in [0, 0.05) is 32.5 Å². The molecule has 259 valence electrons. The van der Waals surface area contributed by atoms with E-state index in [9.17, 15) is 0 Å². The summed E-state index contributed by atoms with van der Waals surface area (Å²) in [6.07, 6.45) is 3.82. The second-order valence-electron chi connectivity index (χ2n) is 17.1. The van der Waals surface area contributed by atoms with Crippen LogP contribution in [0.5, 0.6) is 0 Å². The molecule has 1 radical (unpaired) electrons. The normalized spacial score (nSPS) is 13.5. The van der Waals surface area contributed by atoms with Gasteiger partial charge in [-0.15, -0.1) is 64.7 Å². The first-order valence-corrected chi connectivity index (χ1v) is 17.5. The molecule has 0 saturated carbocycles. The molecule has 0 atom stereocenters. The number of hydrogen-bond acceptors (Lipinski definition) is 2. The monoisotopic (exact) mass is 835 g/mol. The van der Waals surface area contributed by atoms with Gasteiger partial charge in [0.15, 0.2) is 0 Å². The molecule has 0 aliphatic heterocycles. The SMILES string of the molecule is CC(C)(C)c1cc[c-]c(-c2cc(C(C)(C)C)ccn2)c1.CC(C)(C)c1ccnc(-c2[c-]cc3c(c2)C(C)(C)c2c-3ccc3ccccc23)c1.[Ir]. The molecular weight excluding hydrogens is 785 g/mol. The van der Waals surface area contributed by atoms with E-state index in [1.165, 1.54) is 49.7 Å². The minimum Gasteiger partial charge on any atom is -0.305 e. The molecule has 0 N–H and O–H groups in total. The van der Waals surface area contributed by atoms with E-state index in [1.54, 1.807) is 0 Å². The molecule has 2 heterocycles. The van der Waals surface area contributed by atoms with Gasteiger partial charge in [-0.1, -0.05) is 136 Å². The van der Waals surface area contributed by atoms with Gasteiger partial charge in [-0.2, -0.15) is 0 Å². The molecule has 6 aromatic rings. The van der Waals surface area contributed by atoms with E-state index in [2.05, 4.69) is 183 Å². The van der Waals surface area contributed by atoms with E-state index in [-0.39, 0.29) is 41.8 Å². The van der Waals surface area contributed by atoms with E-state index in [0.29, 0.717) is 0 Å². The number of rotatable bonds is 2. The zero-order valence-corrected chi connectivity index (χ0v) is 33.9. The average Bonchev–Trinajstić information content (AvgIpc) is 3.30. The number of hydrogen-bond donors (Lipinski definition) is 0. The topological polar surface area (TPSA) is 25.8 Å². The van der Waals surface area contributed by atoms with Crippen molar-refractivity contribution >= 4 is 10.8 Å². The van der Waals surface area contributed by atoms with Gasteiger partial charge in [-0.3, -0.25) is 0 Å². The van der Waals surface area contributed by atoms with Crippen LogP contribution in [-0.4, -0.2) is 9.97 Å². The summed E-state index contributed by atoms with van der Waals surface area (Å²) in [6, 6.07) is 39.5. The van der Waals surface area contributed by atoms with Crippen molar-refractivity contribution in [1.29, 1.82) is 0 Å². The van der Waals surface area contributed by atoms with Crippen LogP contribution in [0, 0.1) is 12.1 Å². The summed E-state index contributed by atoms with van der Waals surface area (Å²) < 4.78 is 0. The molecule has 2 aromatic heterocycles. The number of benzene rings is 4. The molecule has 0 spiro atoms. The smallest absolute Gasteiger partial charge is 0.0163 e. The van der Waals surface area contributed by atoms with Crippen molar-refractivity contribution in [2.75, 3.05) is 0 Å². The Labute approximate surface area is 314 Å². The predicted molar refractivity (Wildman–Crippen MR) is 208 cm³/mol. The quantitative estimate of drug-likeness (QED) is 0.162. The van der Waals surface area contributed by atoms with Gasteiger partial charge in [-0.05, 0) is 72.6 Å². The fraction of sp³-hybridized carbons (Fsp3) is 0.319. The van der Waals surface area contributed by atoms with Crippen LogP contribution in [0.15, 0.2) is 103 Å². The average molecular weight is 835 g/mol. The third-order valence-corrected chi connectivity index (χ3v) is 9.94. The van der Waals surface area contributed by atoms with Crippen molar-refractivity contribution in [1.82, 2.24) is 9.97 Å². The van der Waals surface area contributed by atoms with Crippen LogP contribution in [0.1, 0.15) is 104 Å². The molecular formula is C47H50IrN2-2. The van der Waals surface area contributed by atoms with Crippen LogP contribution in [0.3, 0.4) is 0 Å². The third-order valence-electron chi connectivity index (χ3n) is 9.94. The van der Waals surface area contributed by atoms with Crippen LogP contribution in [0.2, 0.25) is 0 Å². The summed E-state index contributed by atoms with van der Waals surface area (Å²) in [5.41, 5.74) is 13.8. The Morgan fingerprint density at radius 2 is 1.10 bits per heavy atom. The Hall–Kier alpha value is -3.91. The van der Waals surface area contributed by atoms with E-state index in [0.717, 1.165) is 22.5 Å². The molecule has 7 rings (SSSR count). The molecule has 1 aliphatic rings. The maximum Gasteiger partial charge on any atom is 0.0163 e. The zero-order valence-electron chi connectivity index (χ0n) is 31.5. The van der Waals surface area contributed by atoms with Gasteiger partial charge in [0.2, 0.25) is 0 Å². The minimum absolute atomic E-state index is 0. The van der Waals surface area contributed by atoms with Gasteiger partial charge in [-0.25, -0.2) is 0 Å². The molecule has 0 fully saturated rings. The van der Waals surface area contributed by atoms with E-state index >= 15 is 0 Å². The molecule has 3 heteroatoms. The van der Waals surface area contributed by atoms with Crippen LogP contribution in [0.4, 0.5) is 0 Å². The van der Waals surface area contributed by atoms with Gasteiger partial charge in [0.1, 0.15) is 0 Å². The Balaban J connectivity index is 0.000000204. The number of fused-ring (bicyclic) bond motifs is 5. The first-order valence-electron chi connectivity index (χ1n) is 17.5. The maximum absolute atomic E-state index is 4.66. The Morgan fingerprint density at radius 1 is 0.560 bits per heavy atom. The summed E-state index contributed by atoms with van der Waals surface area (Å²) in [6.45, 7) is 24.8. The molecule has 0 saturated heterocycles. The zero-order chi connectivity index (χ0) is 35.4. The molecule has 1 aliphatic carbocycles. The fourth-order valence-corrected chi connectivity index (χ4v) is 6.85. The van der Waals surface area contributed by atoms with Gasteiger partial charge in [0.25, 0.3) is 0 Å². The van der Waals surface area contributed by atoms with Crippen LogP contribution < -0.4 is 0 Å². The number of pyridine rings is 2. The van der Waals surface area contributed by atoms with Crippen molar-refractivity contribution in [2.45, 2.75) is 97.8 Å². The predicted octanol–water partition coefficient (Wildman–Crippen LogP) is 12.4. The largest absolute Gasteiger partial charge is 0.305 e. The van der Waals surface area contributed by atoms with Crippen molar-refractivity contribution in [3.8, 4) is 33.6 Å². The standard InChI is InChI=1S/C28H26N.C19H24N.Ir/c1-27(2,3)20-14-15-29-25(17-20)19-11-12-22-23-13-10-18-8-6-7-9-21(18)26(23)28(4,5)24(22)16-19;1-18(2,3)15-9-7-8-14(12-15)17-13-16(10-11-20-17)19(4,5)6;/h6-10,12-17H,1-5H3;7,9-13H,1-6H3;/q2*-1;. The Bertz CT molecular complexity index is 2100.